The van der Waals surface area contributed by atoms with E-state index in [1.54, 1.807) is 6.20 Å². The third-order valence-electron chi connectivity index (χ3n) is 6.69. The zero-order valence-corrected chi connectivity index (χ0v) is 19.8. The summed E-state index contributed by atoms with van der Waals surface area (Å²) in [6.45, 7) is 10.6. The highest BCUT2D eigenvalue weighted by Gasteiger charge is 2.47. The molecule has 2 atom stereocenters. The molecule has 0 radical (unpaired) electrons. The van der Waals surface area contributed by atoms with Crippen LogP contribution in [0.1, 0.15) is 78.0 Å². The number of rotatable bonds is 6. The molecular weight excluding hydrogens is 412 g/mol. The molecule has 0 saturated carbocycles. The van der Waals surface area contributed by atoms with Gasteiger partial charge in [0.15, 0.2) is 0 Å². The van der Waals surface area contributed by atoms with Crippen LogP contribution < -0.4 is 10.6 Å². The molecule has 6 heteroatoms. The molecule has 2 N–H and O–H groups in total. The molecule has 4 rings (SSSR count). The highest BCUT2D eigenvalue weighted by molar-refractivity contribution is 6.05. The van der Waals surface area contributed by atoms with Gasteiger partial charge in [0.2, 0.25) is 5.91 Å². The van der Waals surface area contributed by atoms with Crippen LogP contribution in [0.25, 0.3) is 0 Å². The van der Waals surface area contributed by atoms with Gasteiger partial charge in [-0.3, -0.25) is 14.6 Å². The number of nitrogens with zero attached hydrogens (tertiary/aromatic N) is 2. The molecular formula is C27H30N4O2. The first-order valence-corrected chi connectivity index (χ1v) is 11.3. The van der Waals surface area contributed by atoms with Gasteiger partial charge in [-0.1, -0.05) is 39.0 Å². The molecule has 0 spiro atoms. The Labute approximate surface area is 194 Å². The number of carbonyl (C=O) groups is 2. The van der Waals surface area contributed by atoms with Crippen LogP contribution in [-0.4, -0.2) is 21.8 Å². The first-order valence-electron chi connectivity index (χ1n) is 11.3. The minimum atomic E-state index is -0.722. The number of aromatic nitrogens is 2. The first-order chi connectivity index (χ1) is 15.7. The van der Waals surface area contributed by atoms with Crippen LogP contribution in [0.2, 0.25) is 0 Å². The van der Waals surface area contributed by atoms with E-state index in [4.69, 9.17) is 0 Å². The fourth-order valence-electron chi connectivity index (χ4n) is 4.42. The smallest absolute Gasteiger partial charge is 0.251 e. The normalized spacial score (nSPS) is 18.1. The maximum atomic E-state index is 12.8. The lowest BCUT2D eigenvalue weighted by atomic mass is 9.71. The van der Waals surface area contributed by atoms with E-state index < -0.39 is 5.41 Å². The monoisotopic (exact) mass is 442 g/mol. The Balaban J connectivity index is 1.47. The van der Waals surface area contributed by atoms with Crippen LogP contribution in [-0.2, 0) is 16.8 Å². The second-order valence-electron chi connectivity index (χ2n) is 9.28. The van der Waals surface area contributed by atoms with E-state index in [9.17, 15) is 9.59 Å². The number of hydrogen-bond donors (Lipinski definition) is 2. The second kappa shape index (κ2) is 8.77. The summed E-state index contributed by atoms with van der Waals surface area (Å²) in [4.78, 5) is 34.4. The average Bonchev–Trinajstić information content (AvgIpc) is 3.07. The van der Waals surface area contributed by atoms with Crippen molar-refractivity contribution >= 4 is 17.6 Å². The minimum Gasteiger partial charge on any atom is -0.348 e. The molecule has 33 heavy (non-hydrogen) atoms. The highest BCUT2D eigenvalue weighted by Crippen LogP contribution is 2.45. The fourth-order valence-corrected chi connectivity index (χ4v) is 4.42. The van der Waals surface area contributed by atoms with Crippen molar-refractivity contribution in [2.24, 2.45) is 0 Å². The van der Waals surface area contributed by atoms with E-state index >= 15 is 0 Å². The zero-order chi connectivity index (χ0) is 23.8. The van der Waals surface area contributed by atoms with Crippen molar-refractivity contribution in [1.82, 2.24) is 15.3 Å². The molecule has 0 saturated heterocycles. The van der Waals surface area contributed by atoms with Crippen LogP contribution in [0, 0.1) is 6.92 Å². The SMILES string of the molecule is Cc1cc(CNC(=O)c2ccc(C(C)[C@@]3(C)C(=O)Nc4ncccc43)cc2)cc(C(C)C)n1. The van der Waals surface area contributed by atoms with Gasteiger partial charge in [-0.2, -0.15) is 0 Å². The molecule has 170 valence electrons. The summed E-state index contributed by atoms with van der Waals surface area (Å²) in [5.74, 6) is 0.683. The van der Waals surface area contributed by atoms with Crippen molar-refractivity contribution in [2.75, 3.05) is 5.32 Å². The maximum absolute atomic E-state index is 12.8. The van der Waals surface area contributed by atoms with Gasteiger partial charge in [0.1, 0.15) is 5.82 Å². The Kier molecular flexibility index (Phi) is 6.02. The Bertz CT molecular complexity index is 1200. The van der Waals surface area contributed by atoms with Gasteiger partial charge in [0, 0.05) is 35.3 Å². The van der Waals surface area contributed by atoms with E-state index in [1.165, 1.54) is 0 Å². The van der Waals surface area contributed by atoms with Crippen molar-refractivity contribution in [2.45, 2.75) is 58.4 Å². The molecule has 0 fully saturated rings. The van der Waals surface area contributed by atoms with Crippen LogP contribution in [0.15, 0.2) is 54.7 Å². The van der Waals surface area contributed by atoms with Gasteiger partial charge in [-0.05, 0) is 67.1 Å². The Morgan fingerprint density at radius 1 is 1.12 bits per heavy atom. The van der Waals surface area contributed by atoms with Crippen molar-refractivity contribution in [1.29, 1.82) is 0 Å². The van der Waals surface area contributed by atoms with Gasteiger partial charge in [0.05, 0.1) is 5.41 Å². The van der Waals surface area contributed by atoms with E-state index in [-0.39, 0.29) is 17.7 Å². The highest BCUT2D eigenvalue weighted by atomic mass is 16.2. The van der Waals surface area contributed by atoms with Crippen LogP contribution in [0.5, 0.6) is 0 Å². The molecule has 3 aromatic rings. The number of aryl methyl sites for hydroxylation is 1. The standard InChI is InChI=1S/C27H30N4O2/c1-16(2)23-14-19(13-17(3)30-23)15-29-25(32)21-10-8-20(9-11-21)18(4)27(5)22-7-6-12-28-24(22)31-26(27)33/h6-14,16,18H,15H2,1-5H3,(H,29,32)(H,28,31,33)/t18?,27-/m1/s1. The third-order valence-corrected chi connectivity index (χ3v) is 6.69. The summed E-state index contributed by atoms with van der Waals surface area (Å²) in [6.07, 6.45) is 1.68. The summed E-state index contributed by atoms with van der Waals surface area (Å²) < 4.78 is 0. The minimum absolute atomic E-state index is 0.0565. The number of benzene rings is 1. The van der Waals surface area contributed by atoms with Crippen molar-refractivity contribution in [3.05, 3.63) is 88.4 Å². The predicted octanol–water partition coefficient (Wildman–Crippen LogP) is 4.85. The number of anilines is 1. The van der Waals surface area contributed by atoms with E-state index in [0.29, 0.717) is 23.8 Å². The summed E-state index contributed by atoms with van der Waals surface area (Å²) in [7, 11) is 0. The lowest BCUT2D eigenvalue weighted by molar-refractivity contribution is -0.120. The molecule has 1 aromatic carbocycles. The summed E-state index contributed by atoms with van der Waals surface area (Å²) in [6, 6.07) is 15.3. The van der Waals surface area contributed by atoms with Gasteiger partial charge in [0.25, 0.3) is 5.91 Å². The van der Waals surface area contributed by atoms with Crippen molar-refractivity contribution in [3.63, 3.8) is 0 Å². The van der Waals surface area contributed by atoms with Gasteiger partial charge < -0.3 is 10.6 Å². The van der Waals surface area contributed by atoms with Gasteiger partial charge in [-0.15, -0.1) is 0 Å². The van der Waals surface area contributed by atoms with Gasteiger partial charge in [-0.25, -0.2) is 4.98 Å². The lowest BCUT2D eigenvalue weighted by Gasteiger charge is -2.30. The molecule has 2 amide bonds. The van der Waals surface area contributed by atoms with Crippen LogP contribution >= 0.6 is 0 Å². The number of amides is 2. The largest absolute Gasteiger partial charge is 0.348 e. The first kappa shape index (κ1) is 22.6. The van der Waals surface area contributed by atoms with Crippen LogP contribution in [0.3, 0.4) is 0 Å². The number of nitrogens with one attached hydrogen (secondary N) is 2. The Hall–Kier alpha value is -3.54. The molecule has 6 nitrogen and oxygen atoms in total. The third kappa shape index (κ3) is 4.25. The van der Waals surface area contributed by atoms with E-state index in [2.05, 4.69) is 34.4 Å². The number of carbonyl (C=O) groups excluding carboxylic acids is 2. The van der Waals surface area contributed by atoms with E-state index in [0.717, 1.165) is 28.1 Å². The molecule has 0 aliphatic carbocycles. The van der Waals surface area contributed by atoms with Crippen molar-refractivity contribution in [3.8, 4) is 0 Å². The Morgan fingerprint density at radius 3 is 2.55 bits per heavy atom. The average molecular weight is 443 g/mol. The summed E-state index contributed by atoms with van der Waals surface area (Å²) >= 11 is 0. The molecule has 1 aliphatic heterocycles. The van der Waals surface area contributed by atoms with E-state index in [1.807, 2.05) is 69.3 Å². The van der Waals surface area contributed by atoms with Crippen LogP contribution in [0.4, 0.5) is 5.82 Å². The molecule has 3 heterocycles. The maximum Gasteiger partial charge on any atom is 0.251 e. The number of fused-ring (bicyclic) bond motifs is 1. The van der Waals surface area contributed by atoms with Gasteiger partial charge >= 0.3 is 0 Å². The van der Waals surface area contributed by atoms with Crippen molar-refractivity contribution < 1.29 is 9.59 Å². The fraction of sp³-hybridized carbons (Fsp3) is 0.333. The lowest BCUT2D eigenvalue weighted by Crippen LogP contribution is -2.36. The number of hydrogen-bond acceptors (Lipinski definition) is 4. The Morgan fingerprint density at radius 2 is 1.85 bits per heavy atom. The summed E-state index contributed by atoms with van der Waals surface area (Å²) in [5.41, 5.74) is 4.77. The quantitative estimate of drug-likeness (QED) is 0.571. The molecule has 1 unspecified atom stereocenters. The zero-order valence-electron chi connectivity index (χ0n) is 19.8. The molecule has 1 aliphatic rings. The summed E-state index contributed by atoms with van der Waals surface area (Å²) in [5, 5.41) is 5.90. The second-order valence-corrected chi connectivity index (χ2v) is 9.28. The molecule has 0 bridgehead atoms. The number of pyridine rings is 2. The molecule has 2 aromatic heterocycles. The predicted molar refractivity (Wildman–Crippen MR) is 129 cm³/mol. The topological polar surface area (TPSA) is 84.0 Å².